The van der Waals surface area contributed by atoms with E-state index in [1.807, 2.05) is 35.0 Å². The summed E-state index contributed by atoms with van der Waals surface area (Å²) in [4.78, 5) is 15.9. The summed E-state index contributed by atoms with van der Waals surface area (Å²) in [7, 11) is -1.93. The van der Waals surface area contributed by atoms with Gasteiger partial charge in [-0.05, 0) is 36.4 Å². The van der Waals surface area contributed by atoms with Crippen molar-refractivity contribution >= 4 is 44.2 Å². The largest absolute Gasteiger partial charge is 0.369 e. The molecule has 1 saturated heterocycles. The lowest BCUT2D eigenvalue weighted by atomic mass is 10.2. The number of aromatic nitrogens is 4. The summed E-state index contributed by atoms with van der Waals surface area (Å²) in [6.45, 7) is 4.42. The monoisotopic (exact) mass is 492 g/mol. The number of hydrogen-bond donors (Lipinski definition) is 2. The van der Waals surface area contributed by atoms with Gasteiger partial charge in [-0.15, -0.1) is 0 Å². The van der Waals surface area contributed by atoms with E-state index >= 15 is 0 Å². The third-order valence-corrected chi connectivity index (χ3v) is 7.28. The second-order valence-corrected chi connectivity index (χ2v) is 10.6. The molecule has 2 N–H and O–H groups in total. The molecule has 0 unspecified atom stereocenters. The molecule has 182 valence electrons. The van der Waals surface area contributed by atoms with Crippen molar-refractivity contribution in [3.8, 4) is 0 Å². The molecule has 0 bridgehead atoms. The average molecular weight is 493 g/mol. The maximum Gasteiger partial charge on any atom is 0.233 e. The standard InChI is InChI=1S/C24H28N8O2S/c1-30(35(2,33)34)22-19(4-3-10-26-22)17-32-13-9-18-16-27-24(29-23(18)32)28-20-5-7-21(8-6-20)31-14-11-25-12-15-31/h3-10,13,16,25H,11-12,14-15,17H2,1-2H3,(H,27,28,29). The van der Waals surface area contributed by atoms with Gasteiger partial charge < -0.3 is 20.1 Å². The minimum Gasteiger partial charge on any atom is -0.369 e. The van der Waals surface area contributed by atoms with E-state index in [0.29, 0.717) is 18.3 Å². The molecule has 3 aromatic heterocycles. The zero-order chi connectivity index (χ0) is 24.4. The van der Waals surface area contributed by atoms with Gasteiger partial charge in [0.05, 0.1) is 12.8 Å². The van der Waals surface area contributed by atoms with E-state index in [1.54, 1.807) is 18.5 Å². The highest BCUT2D eigenvalue weighted by atomic mass is 32.2. The molecule has 5 rings (SSSR count). The Kier molecular flexibility index (Phi) is 6.27. The predicted molar refractivity (Wildman–Crippen MR) is 139 cm³/mol. The molecule has 1 fully saturated rings. The Morgan fingerprint density at radius 3 is 2.60 bits per heavy atom. The Balaban J connectivity index is 1.37. The molecule has 0 radical (unpaired) electrons. The molecule has 1 aliphatic heterocycles. The number of piperazine rings is 1. The predicted octanol–water partition coefficient (Wildman–Crippen LogP) is 2.42. The summed E-state index contributed by atoms with van der Waals surface area (Å²) in [6, 6.07) is 13.9. The first kappa shape index (κ1) is 23.1. The lowest BCUT2D eigenvalue weighted by molar-refractivity contribution is 0.589. The van der Waals surface area contributed by atoms with Crippen LogP contribution < -0.4 is 19.8 Å². The van der Waals surface area contributed by atoms with Gasteiger partial charge in [-0.2, -0.15) is 4.98 Å². The first-order chi connectivity index (χ1) is 16.9. The quantitative estimate of drug-likeness (QED) is 0.405. The highest BCUT2D eigenvalue weighted by Crippen LogP contribution is 2.24. The van der Waals surface area contributed by atoms with E-state index in [2.05, 4.69) is 37.6 Å². The van der Waals surface area contributed by atoms with Crippen LogP contribution in [0.25, 0.3) is 11.0 Å². The summed E-state index contributed by atoms with van der Waals surface area (Å²) in [6.07, 6.45) is 6.45. The van der Waals surface area contributed by atoms with E-state index in [0.717, 1.165) is 54.7 Å². The van der Waals surface area contributed by atoms with Crippen LogP contribution in [0.3, 0.4) is 0 Å². The third kappa shape index (κ3) is 5.05. The number of nitrogens with zero attached hydrogens (tertiary/aromatic N) is 6. The van der Waals surface area contributed by atoms with Crippen LogP contribution in [0.4, 0.5) is 23.1 Å². The smallest absolute Gasteiger partial charge is 0.233 e. The first-order valence-corrected chi connectivity index (χ1v) is 13.3. The zero-order valence-corrected chi connectivity index (χ0v) is 20.5. The SMILES string of the molecule is CN(c1ncccc1Cn1ccc2cnc(Nc3ccc(N4CCNCC4)cc3)nc21)S(C)(=O)=O. The van der Waals surface area contributed by atoms with Gasteiger partial charge in [0, 0.05) is 74.1 Å². The van der Waals surface area contributed by atoms with Gasteiger partial charge in [-0.1, -0.05) is 6.07 Å². The van der Waals surface area contributed by atoms with E-state index < -0.39 is 10.0 Å². The first-order valence-electron chi connectivity index (χ1n) is 11.4. The normalized spacial score (nSPS) is 14.3. The summed E-state index contributed by atoms with van der Waals surface area (Å²) >= 11 is 0. The Hall–Kier alpha value is -3.70. The molecule has 10 nitrogen and oxygen atoms in total. The second-order valence-electron chi connectivity index (χ2n) is 8.54. The third-order valence-electron chi connectivity index (χ3n) is 6.11. The number of pyridine rings is 1. The van der Waals surface area contributed by atoms with Gasteiger partial charge in [-0.25, -0.2) is 18.4 Å². The van der Waals surface area contributed by atoms with Crippen molar-refractivity contribution < 1.29 is 8.42 Å². The van der Waals surface area contributed by atoms with Gasteiger partial charge in [0.2, 0.25) is 16.0 Å². The maximum atomic E-state index is 12.1. The van der Waals surface area contributed by atoms with Crippen molar-refractivity contribution in [1.82, 2.24) is 24.8 Å². The fourth-order valence-electron chi connectivity index (χ4n) is 4.14. The van der Waals surface area contributed by atoms with Crippen molar-refractivity contribution in [1.29, 1.82) is 0 Å². The number of hydrogen-bond acceptors (Lipinski definition) is 8. The topological polar surface area (TPSA) is 108 Å². The van der Waals surface area contributed by atoms with Gasteiger partial charge in [0.1, 0.15) is 11.5 Å². The molecule has 35 heavy (non-hydrogen) atoms. The van der Waals surface area contributed by atoms with Crippen LogP contribution in [0.1, 0.15) is 5.56 Å². The Morgan fingerprint density at radius 1 is 1.09 bits per heavy atom. The number of nitrogens with one attached hydrogen (secondary N) is 2. The fraction of sp³-hybridized carbons (Fsp3) is 0.292. The van der Waals surface area contributed by atoms with Crippen LogP contribution in [0.15, 0.2) is 61.1 Å². The van der Waals surface area contributed by atoms with Crippen LogP contribution in [0.5, 0.6) is 0 Å². The van der Waals surface area contributed by atoms with Crippen molar-refractivity contribution in [2.75, 3.05) is 54.0 Å². The summed E-state index contributed by atoms with van der Waals surface area (Å²) in [5.41, 5.74) is 3.63. The second kappa shape index (κ2) is 9.51. The minimum atomic E-state index is -3.43. The van der Waals surface area contributed by atoms with E-state index in [4.69, 9.17) is 4.98 Å². The van der Waals surface area contributed by atoms with Crippen LogP contribution in [-0.4, -0.2) is 67.4 Å². The number of rotatable bonds is 7. The van der Waals surface area contributed by atoms with Crippen molar-refractivity contribution in [2.24, 2.45) is 0 Å². The fourth-order valence-corrected chi connectivity index (χ4v) is 4.62. The molecule has 1 aliphatic rings. The molecule has 1 aromatic carbocycles. The molecular formula is C24H28N8O2S. The molecular weight excluding hydrogens is 464 g/mol. The molecule has 11 heteroatoms. The Morgan fingerprint density at radius 2 is 1.86 bits per heavy atom. The molecule has 4 heterocycles. The van der Waals surface area contributed by atoms with Gasteiger partial charge >= 0.3 is 0 Å². The number of sulfonamides is 1. The number of benzene rings is 1. The zero-order valence-electron chi connectivity index (χ0n) is 19.7. The summed E-state index contributed by atoms with van der Waals surface area (Å²) in [5, 5.41) is 7.56. The maximum absolute atomic E-state index is 12.1. The minimum absolute atomic E-state index is 0.397. The summed E-state index contributed by atoms with van der Waals surface area (Å²) in [5.74, 6) is 0.890. The van der Waals surface area contributed by atoms with Crippen molar-refractivity contribution in [3.63, 3.8) is 0 Å². The highest BCUT2D eigenvalue weighted by molar-refractivity contribution is 7.92. The van der Waals surface area contributed by atoms with E-state index in [1.165, 1.54) is 17.0 Å². The van der Waals surface area contributed by atoms with Gasteiger partial charge in [0.15, 0.2) is 0 Å². The van der Waals surface area contributed by atoms with Gasteiger partial charge in [0.25, 0.3) is 0 Å². The number of fused-ring (bicyclic) bond motifs is 1. The molecule has 0 saturated carbocycles. The van der Waals surface area contributed by atoms with Crippen LogP contribution in [0, 0.1) is 0 Å². The van der Waals surface area contributed by atoms with E-state index in [-0.39, 0.29) is 0 Å². The molecule has 0 amide bonds. The van der Waals surface area contributed by atoms with Crippen LogP contribution in [-0.2, 0) is 16.6 Å². The summed E-state index contributed by atoms with van der Waals surface area (Å²) < 4.78 is 27.3. The molecule has 0 atom stereocenters. The van der Waals surface area contributed by atoms with Gasteiger partial charge in [-0.3, -0.25) is 4.31 Å². The van der Waals surface area contributed by atoms with Crippen molar-refractivity contribution in [3.05, 3.63) is 66.6 Å². The lowest BCUT2D eigenvalue weighted by Gasteiger charge is -2.29. The lowest BCUT2D eigenvalue weighted by Crippen LogP contribution is -2.43. The van der Waals surface area contributed by atoms with Crippen LogP contribution in [0.2, 0.25) is 0 Å². The van der Waals surface area contributed by atoms with E-state index in [9.17, 15) is 8.42 Å². The molecule has 0 spiro atoms. The Labute approximate surface area is 204 Å². The highest BCUT2D eigenvalue weighted by Gasteiger charge is 2.18. The average Bonchev–Trinajstić information content (AvgIpc) is 3.26. The van der Waals surface area contributed by atoms with Crippen molar-refractivity contribution in [2.45, 2.75) is 6.54 Å². The molecule has 4 aromatic rings. The van der Waals surface area contributed by atoms with Crippen LogP contribution >= 0.6 is 0 Å². The molecule has 0 aliphatic carbocycles. The Bertz CT molecular complexity index is 1430. The number of anilines is 4.